The zero-order valence-corrected chi connectivity index (χ0v) is 15.2. The number of aromatic nitrogens is 2. The van der Waals surface area contributed by atoms with Gasteiger partial charge in [0.2, 0.25) is 5.69 Å². The molecular weight excluding hydrogens is 362 g/mol. The van der Waals surface area contributed by atoms with Gasteiger partial charge in [-0.15, -0.1) is 0 Å². The number of carbonyl (C=O) groups excluding carboxylic acids is 1. The van der Waals surface area contributed by atoms with Gasteiger partial charge in [0.25, 0.3) is 5.91 Å². The molecule has 0 saturated carbocycles. The average molecular weight is 389 g/mol. The molecule has 27 heavy (non-hydrogen) atoms. The van der Waals surface area contributed by atoms with Gasteiger partial charge in [0.05, 0.1) is 51.1 Å². The van der Waals surface area contributed by atoms with Crippen LogP contribution in [-0.2, 0) is 25.5 Å². The number of carbonyl (C=O) groups is 1. The molecule has 0 fully saturated rings. The van der Waals surface area contributed by atoms with Gasteiger partial charge in [-0.3, -0.25) is 19.6 Å². The molecule has 0 saturated heterocycles. The van der Waals surface area contributed by atoms with Crippen LogP contribution in [0.5, 0.6) is 0 Å². The summed E-state index contributed by atoms with van der Waals surface area (Å²) in [6.07, 6.45) is 1.96. The lowest BCUT2D eigenvalue weighted by molar-refractivity contribution is -0.385. The Hall–Kier alpha value is -2.12. The molecule has 1 aromatic rings. The van der Waals surface area contributed by atoms with Crippen LogP contribution < -0.4 is 11.5 Å². The Morgan fingerprint density at radius 2 is 1.59 bits per heavy atom. The first kappa shape index (κ1) is 22.9. The third-order valence-electron chi connectivity index (χ3n) is 3.22. The molecule has 0 unspecified atom stereocenters. The molecular formula is C15H27N5O7. The van der Waals surface area contributed by atoms with Crippen LogP contribution in [0.2, 0.25) is 0 Å². The highest BCUT2D eigenvalue weighted by atomic mass is 16.6. The Kier molecular flexibility index (Phi) is 11.9. The third-order valence-corrected chi connectivity index (χ3v) is 3.22. The van der Waals surface area contributed by atoms with Gasteiger partial charge >= 0.3 is 5.69 Å². The van der Waals surface area contributed by atoms with E-state index in [0.29, 0.717) is 52.8 Å². The topological polar surface area (TPSA) is 167 Å². The molecule has 1 aromatic heterocycles. The largest absolute Gasteiger partial charge is 0.380 e. The molecule has 1 amide bonds. The van der Waals surface area contributed by atoms with Crippen molar-refractivity contribution >= 4 is 11.6 Å². The van der Waals surface area contributed by atoms with E-state index in [9.17, 15) is 14.9 Å². The SMILES string of the molecule is NCCOCCCOCCOCCOCCn1cc([N+](=O)[O-])c(C(N)=O)n1. The van der Waals surface area contributed by atoms with Crippen LogP contribution in [0.1, 0.15) is 16.9 Å². The van der Waals surface area contributed by atoms with E-state index in [4.69, 9.17) is 30.4 Å². The minimum absolute atomic E-state index is 0.253. The summed E-state index contributed by atoms with van der Waals surface area (Å²) in [7, 11) is 0. The average Bonchev–Trinajstić information content (AvgIpc) is 3.07. The number of rotatable bonds is 17. The summed E-state index contributed by atoms with van der Waals surface area (Å²) in [5, 5.41) is 14.6. The van der Waals surface area contributed by atoms with Crippen molar-refractivity contribution in [2.24, 2.45) is 11.5 Å². The molecule has 0 aliphatic carbocycles. The van der Waals surface area contributed by atoms with Gasteiger partial charge in [-0.05, 0) is 6.42 Å². The fourth-order valence-electron chi connectivity index (χ4n) is 1.98. The van der Waals surface area contributed by atoms with E-state index in [1.54, 1.807) is 0 Å². The number of nitrogens with two attached hydrogens (primary N) is 2. The fourth-order valence-corrected chi connectivity index (χ4v) is 1.98. The van der Waals surface area contributed by atoms with Crippen LogP contribution in [0.25, 0.3) is 0 Å². The van der Waals surface area contributed by atoms with Gasteiger partial charge < -0.3 is 30.4 Å². The Labute approximate surface area is 156 Å². The molecule has 0 spiro atoms. The molecule has 0 radical (unpaired) electrons. The molecule has 0 aliphatic rings. The number of ether oxygens (including phenoxy) is 4. The quantitative estimate of drug-likeness (QED) is 0.199. The Morgan fingerprint density at radius 1 is 1.04 bits per heavy atom. The molecule has 4 N–H and O–H groups in total. The maximum Gasteiger partial charge on any atom is 0.320 e. The number of hydrogen-bond acceptors (Lipinski definition) is 9. The lowest BCUT2D eigenvalue weighted by atomic mass is 10.4. The maximum atomic E-state index is 11.1. The van der Waals surface area contributed by atoms with Crippen LogP contribution in [0.15, 0.2) is 6.20 Å². The van der Waals surface area contributed by atoms with Crippen molar-refractivity contribution < 1.29 is 28.7 Å². The fraction of sp³-hybridized carbons (Fsp3) is 0.733. The Bertz CT molecular complexity index is 535. The lowest BCUT2D eigenvalue weighted by Gasteiger charge is -2.07. The van der Waals surface area contributed by atoms with E-state index in [0.717, 1.165) is 12.6 Å². The van der Waals surface area contributed by atoms with Gasteiger partial charge in [0.15, 0.2) is 0 Å². The van der Waals surface area contributed by atoms with E-state index in [1.165, 1.54) is 4.68 Å². The van der Waals surface area contributed by atoms with E-state index in [-0.39, 0.29) is 18.8 Å². The highest BCUT2D eigenvalue weighted by molar-refractivity contribution is 5.94. The summed E-state index contributed by atoms with van der Waals surface area (Å²) in [5.41, 5.74) is 9.57. The summed E-state index contributed by atoms with van der Waals surface area (Å²) < 4.78 is 22.5. The molecule has 0 aliphatic heterocycles. The predicted octanol–water partition coefficient (Wildman–Crippen LogP) is -0.695. The van der Waals surface area contributed by atoms with Crippen LogP contribution in [0, 0.1) is 10.1 Å². The number of nitrogens with zero attached hydrogens (tertiary/aromatic N) is 3. The molecule has 154 valence electrons. The van der Waals surface area contributed by atoms with Crippen molar-refractivity contribution in [1.82, 2.24) is 9.78 Å². The van der Waals surface area contributed by atoms with E-state index < -0.39 is 16.5 Å². The van der Waals surface area contributed by atoms with Gasteiger partial charge in [-0.1, -0.05) is 0 Å². The number of primary amides is 1. The normalized spacial score (nSPS) is 11.0. The number of nitro groups is 1. The zero-order valence-electron chi connectivity index (χ0n) is 15.2. The van der Waals surface area contributed by atoms with E-state index in [2.05, 4.69) is 5.10 Å². The van der Waals surface area contributed by atoms with Crippen LogP contribution in [0.3, 0.4) is 0 Å². The van der Waals surface area contributed by atoms with Crippen LogP contribution in [0.4, 0.5) is 5.69 Å². The minimum Gasteiger partial charge on any atom is -0.380 e. The summed E-state index contributed by atoms with van der Waals surface area (Å²) in [6, 6.07) is 0. The first-order chi connectivity index (χ1) is 13.1. The van der Waals surface area contributed by atoms with Gasteiger partial charge in [-0.25, -0.2) is 0 Å². The van der Waals surface area contributed by atoms with E-state index in [1.807, 2.05) is 0 Å². The summed E-state index contributed by atoms with van der Waals surface area (Å²) in [6.45, 7) is 4.54. The molecule has 12 nitrogen and oxygen atoms in total. The predicted molar refractivity (Wildman–Crippen MR) is 94.3 cm³/mol. The number of amides is 1. The second-order valence-electron chi connectivity index (χ2n) is 5.34. The summed E-state index contributed by atoms with van der Waals surface area (Å²) in [5.74, 6) is -0.944. The molecule has 0 bridgehead atoms. The van der Waals surface area contributed by atoms with Crippen LogP contribution >= 0.6 is 0 Å². The molecule has 0 atom stereocenters. The highest BCUT2D eigenvalue weighted by Crippen LogP contribution is 2.15. The first-order valence-electron chi connectivity index (χ1n) is 8.59. The van der Waals surface area contributed by atoms with Crippen molar-refractivity contribution in [3.05, 3.63) is 22.0 Å². The Balaban J connectivity index is 2.00. The second-order valence-corrected chi connectivity index (χ2v) is 5.34. The van der Waals surface area contributed by atoms with Crippen molar-refractivity contribution in [3.63, 3.8) is 0 Å². The smallest absolute Gasteiger partial charge is 0.320 e. The monoisotopic (exact) mass is 389 g/mol. The van der Waals surface area contributed by atoms with Crippen LogP contribution in [-0.4, -0.2) is 80.0 Å². The standard InChI is InChI=1S/C15H27N5O7/c16-2-6-24-4-1-5-25-8-10-27-11-9-26-7-3-19-12-13(20(22)23)14(18-19)15(17)21/h12H,1-11,16H2,(H2,17,21). The zero-order chi connectivity index (χ0) is 19.9. The summed E-state index contributed by atoms with van der Waals surface area (Å²) >= 11 is 0. The lowest BCUT2D eigenvalue weighted by Crippen LogP contribution is -2.15. The van der Waals surface area contributed by atoms with Gasteiger partial charge in [0, 0.05) is 19.8 Å². The number of hydrogen-bond donors (Lipinski definition) is 2. The first-order valence-corrected chi connectivity index (χ1v) is 8.59. The van der Waals surface area contributed by atoms with Crippen molar-refractivity contribution in [1.29, 1.82) is 0 Å². The second kappa shape index (κ2) is 14.0. The van der Waals surface area contributed by atoms with Crippen molar-refractivity contribution in [2.75, 3.05) is 59.4 Å². The molecule has 12 heteroatoms. The minimum atomic E-state index is -0.944. The highest BCUT2D eigenvalue weighted by Gasteiger charge is 2.23. The third kappa shape index (κ3) is 9.96. The molecule has 1 heterocycles. The van der Waals surface area contributed by atoms with E-state index >= 15 is 0 Å². The van der Waals surface area contributed by atoms with Gasteiger partial charge in [-0.2, -0.15) is 5.10 Å². The molecule has 0 aromatic carbocycles. The molecule has 1 rings (SSSR count). The van der Waals surface area contributed by atoms with Crippen molar-refractivity contribution in [2.45, 2.75) is 13.0 Å². The maximum absolute atomic E-state index is 11.1. The van der Waals surface area contributed by atoms with Gasteiger partial charge in [0.1, 0.15) is 6.20 Å². The summed E-state index contributed by atoms with van der Waals surface area (Å²) in [4.78, 5) is 21.2. The van der Waals surface area contributed by atoms with Crippen molar-refractivity contribution in [3.8, 4) is 0 Å². The Morgan fingerprint density at radius 3 is 2.11 bits per heavy atom.